The molecular formula is C23H31N5O6. The number of aliphatic carboxylic acids is 1. The lowest BCUT2D eigenvalue weighted by Gasteiger charge is -2.36. The van der Waals surface area contributed by atoms with Crippen LogP contribution in [-0.2, 0) is 14.4 Å². The van der Waals surface area contributed by atoms with Crippen molar-refractivity contribution in [2.45, 2.75) is 76.9 Å². The van der Waals surface area contributed by atoms with E-state index in [2.05, 4.69) is 4.99 Å². The number of likely N-dealkylation sites (tertiary alicyclic amines) is 1. The molecule has 2 aliphatic rings. The Morgan fingerprint density at radius 1 is 1.24 bits per heavy atom. The Balaban J connectivity index is 1.92. The quantitative estimate of drug-likeness (QED) is 0.321. The highest BCUT2D eigenvalue weighted by Crippen LogP contribution is 2.29. The van der Waals surface area contributed by atoms with Gasteiger partial charge in [0.2, 0.25) is 5.91 Å². The number of imide groups is 1. The molecule has 0 radical (unpaired) electrons. The molecule has 0 aromatic carbocycles. The molecule has 3 amide bonds. The first-order valence-corrected chi connectivity index (χ1v) is 11.5. The van der Waals surface area contributed by atoms with Crippen LogP contribution in [0.3, 0.4) is 0 Å². The topological polar surface area (TPSA) is 170 Å². The predicted molar refractivity (Wildman–Crippen MR) is 123 cm³/mol. The summed E-state index contributed by atoms with van der Waals surface area (Å²) in [4.78, 5) is 56.8. The molecule has 1 aliphatic heterocycles. The maximum atomic E-state index is 13.7. The van der Waals surface area contributed by atoms with Gasteiger partial charge in [-0.3, -0.25) is 24.7 Å². The number of carbonyl (C=O) groups excluding carboxylic acids is 3. The molecule has 11 nitrogen and oxygen atoms in total. The zero-order chi connectivity index (χ0) is 25.0. The number of nitrogens with zero attached hydrogens (tertiary/aromatic N) is 3. The van der Waals surface area contributed by atoms with E-state index in [9.17, 15) is 19.2 Å². The summed E-state index contributed by atoms with van der Waals surface area (Å²) in [6.07, 6.45) is 5.78. The third kappa shape index (κ3) is 5.41. The van der Waals surface area contributed by atoms with Gasteiger partial charge in [-0.15, -0.1) is 0 Å². The fraction of sp³-hybridized carbons (Fsp3) is 0.565. The van der Waals surface area contributed by atoms with Crippen LogP contribution < -0.4 is 5.73 Å². The first-order valence-electron chi connectivity index (χ1n) is 11.5. The zero-order valence-corrected chi connectivity index (χ0v) is 19.5. The van der Waals surface area contributed by atoms with E-state index in [0.717, 1.165) is 19.3 Å². The number of hydrogen-bond donors (Lipinski definition) is 3. The summed E-state index contributed by atoms with van der Waals surface area (Å²) in [7, 11) is 0. The lowest BCUT2D eigenvalue weighted by molar-refractivity contribution is -0.144. The van der Waals surface area contributed by atoms with Crippen molar-refractivity contribution in [1.29, 1.82) is 5.41 Å². The van der Waals surface area contributed by atoms with E-state index in [4.69, 9.17) is 20.7 Å². The van der Waals surface area contributed by atoms with E-state index in [0.29, 0.717) is 38.4 Å². The van der Waals surface area contributed by atoms with Crippen molar-refractivity contribution in [2.24, 2.45) is 10.7 Å². The van der Waals surface area contributed by atoms with Gasteiger partial charge >= 0.3 is 5.97 Å². The highest BCUT2D eigenvalue weighted by atomic mass is 16.4. The van der Waals surface area contributed by atoms with Crippen LogP contribution in [0.4, 0.5) is 0 Å². The predicted octanol–water partition coefficient (Wildman–Crippen LogP) is 1.71. The van der Waals surface area contributed by atoms with Crippen LogP contribution in [0.1, 0.15) is 73.7 Å². The molecule has 2 fully saturated rings. The maximum Gasteiger partial charge on any atom is 0.347 e. The lowest BCUT2D eigenvalue weighted by atomic mass is 9.93. The summed E-state index contributed by atoms with van der Waals surface area (Å²) in [5, 5.41) is 16.7. The summed E-state index contributed by atoms with van der Waals surface area (Å²) in [5.74, 6) is -3.01. The van der Waals surface area contributed by atoms with Crippen LogP contribution in [-0.4, -0.2) is 75.3 Å². The number of aryl methyl sites for hydroxylation is 1. The van der Waals surface area contributed by atoms with Crippen molar-refractivity contribution in [3.8, 4) is 0 Å². The third-order valence-corrected chi connectivity index (χ3v) is 6.29. The number of nitrogens with two attached hydrogens (primary N) is 1. The maximum absolute atomic E-state index is 13.7. The summed E-state index contributed by atoms with van der Waals surface area (Å²) in [6.45, 7) is 3.51. The SMILES string of the molecule is Cc1oc(C(=O)N(C(=O)[C@@H]2CCCN2C(=O)[C@H](C)N)C2CCCCC2)cc1C(=N)N=CC(=O)O. The third-order valence-electron chi connectivity index (χ3n) is 6.29. The summed E-state index contributed by atoms with van der Waals surface area (Å²) >= 11 is 0. The van der Waals surface area contributed by atoms with Gasteiger partial charge in [-0.2, -0.15) is 0 Å². The number of rotatable bonds is 6. The van der Waals surface area contributed by atoms with Gasteiger partial charge in [0.1, 0.15) is 18.0 Å². The number of hydrogen-bond acceptors (Lipinski definition) is 7. The second-order valence-electron chi connectivity index (χ2n) is 8.81. The van der Waals surface area contributed by atoms with E-state index in [1.807, 2.05) is 0 Å². The molecular weight excluding hydrogens is 442 g/mol. The Kier molecular flexibility index (Phi) is 7.98. The van der Waals surface area contributed by atoms with E-state index >= 15 is 0 Å². The van der Waals surface area contributed by atoms with Crippen LogP contribution in [0.2, 0.25) is 0 Å². The highest BCUT2D eigenvalue weighted by molar-refractivity contribution is 6.25. The second kappa shape index (κ2) is 10.7. The molecule has 11 heteroatoms. The fourth-order valence-electron chi connectivity index (χ4n) is 4.63. The molecule has 1 saturated carbocycles. The minimum absolute atomic E-state index is 0.134. The van der Waals surface area contributed by atoms with Crippen LogP contribution >= 0.6 is 0 Å². The second-order valence-corrected chi connectivity index (χ2v) is 8.81. The van der Waals surface area contributed by atoms with E-state index in [-0.39, 0.29) is 34.9 Å². The molecule has 0 bridgehead atoms. The number of carboxylic acid groups (broad SMARTS) is 1. The minimum Gasteiger partial charge on any atom is -0.477 e. The first-order chi connectivity index (χ1) is 16.1. The fourth-order valence-corrected chi connectivity index (χ4v) is 4.63. The van der Waals surface area contributed by atoms with Crippen molar-refractivity contribution in [3.05, 3.63) is 23.2 Å². The van der Waals surface area contributed by atoms with E-state index < -0.39 is 29.9 Å². The van der Waals surface area contributed by atoms with Crippen LogP contribution in [0.25, 0.3) is 0 Å². The normalized spacial score (nSPS) is 19.9. The van der Waals surface area contributed by atoms with Gasteiger partial charge in [-0.25, -0.2) is 9.79 Å². The molecule has 2 atom stereocenters. The standard InChI is InChI=1S/C23H31N5O6/c1-13(24)21(31)27-10-6-9-17(27)22(32)28(15-7-4-3-5-8-15)23(33)18-11-16(14(2)34-18)20(25)26-12-19(29)30/h11-13,15,17,25H,3-10,24H2,1-2H3,(H,29,30)/t13-,17-/m0/s1. The minimum atomic E-state index is -1.31. The number of carboxylic acids is 1. The number of amides is 3. The monoisotopic (exact) mass is 473 g/mol. The van der Waals surface area contributed by atoms with Gasteiger partial charge in [0, 0.05) is 18.7 Å². The summed E-state index contributed by atoms with van der Waals surface area (Å²) < 4.78 is 5.60. The van der Waals surface area contributed by atoms with Crippen molar-refractivity contribution < 1.29 is 28.7 Å². The van der Waals surface area contributed by atoms with Gasteiger partial charge in [-0.1, -0.05) is 19.3 Å². The van der Waals surface area contributed by atoms with E-state index in [1.165, 1.54) is 22.8 Å². The number of carbonyl (C=O) groups is 4. The number of aliphatic imine (C=N–C) groups is 1. The largest absolute Gasteiger partial charge is 0.477 e. The molecule has 0 unspecified atom stereocenters. The van der Waals surface area contributed by atoms with Crippen LogP contribution in [0.15, 0.2) is 15.5 Å². The lowest BCUT2D eigenvalue weighted by Crippen LogP contribution is -2.55. The molecule has 1 aromatic heterocycles. The Morgan fingerprint density at radius 2 is 1.91 bits per heavy atom. The van der Waals surface area contributed by atoms with Crippen molar-refractivity contribution >= 4 is 35.7 Å². The number of furan rings is 1. The molecule has 3 rings (SSSR count). The molecule has 2 heterocycles. The van der Waals surface area contributed by atoms with Gasteiger partial charge in [0.05, 0.1) is 11.6 Å². The Bertz CT molecular complexity index is 1010. The Hall–Kier alpha value is -3.34. The molecule has 0 spiro atoms. The summed E-state index contributed by atoms with van der Waals surface area (Å²) in [6, 6.07) is -0.528. The number of nitrogens with one attached hydrogen (secondary N) is 1. The Morgan fingerprint density at radius 3 is 2.53 bits per heavy atom. The highest BCUT2D eigenvalue weighted by Gasteiger charge is 2.42. The van der Waals surface area contributed by atoms with E-state index in [1.54, 1.807) is 6.92 Å². The number of amidine groups is 1. The van der Waals surface area contributed by atoms with Gasteiger partial charge < -0.3 is 20.2 Å². The molecule has 4 N–H and O–H groups in total. The molecule has 1 saturated heterocycles. The van der Waals surface area contributed by atoms with Crippen LogP contribution in [0, 0.1) is 12.3 Å². The van der Waals surface area contributed by atoms with Crippen LogP contribution in [0.5, 0.6) is 0 Å². The molecule has 1 aromatic rings. The average Bonchev–Trinajstić information content (AvgIpc) is 3.44. The first kappa shape index (κ1) is 25.3. The van der Waals surface area contributed by atoms with Crippen molar-refractivity contribution in [3.63, 3.8) is 0 Å². The van der Waals surface area contributed by atoms with Gasteiger partial charge in [0.15, 0.2) is 11.6 Å². The smallest absolute Gasteiger partial charge is 0.347 e. The molecule has 1 aliphatic carbocycles. The Labute approximate surface area is 197 Å². The van der Waals surface area contributed by atoms with Crippen molar-refractivity contribution in [1.82, 2.24) is 9.80 Å². The van der Waals surface area contributed by atoms with Gasteiger partial charge in [-0.05, 0) is 39.5 Å². The summed E-state index contributed by atoms with van der Waals surface area (Å²) in [5.41, 5.74) is 5.93. The average molecular weight is 474 g/mol. The zero-order valence-electron chi connectivity index (χ0n) is 19.5. The van der Waals surface area contributed by atoms with Crippen molar-refractivity contribution in [2.75, 3.05) is 6.54 Å². The molecule has 34 heavy (non-hydrogen) atoms. The van der Waals surface area contributed by atoms with Gasteiger partial charge in [0.25, 0.3) is 11.8 Å². The molecule has 184 valence electrons.